The van der Waals surface area contributed by atoms with Crippen LogP contribution in [0.25, 0.3) is 0 Å². The average molecular weight is 277 g/mol. The second-order valence-electron chi connectivity index (χ2n) is 5.41. The number of aromatic nitrogens is 2. The highest BCUT2D eigenvalue weighted by molar-refractivity contribution is 5.26. The minimum Gasteiger partial charge on any atom is -0.466 e. The zero-order valence-corrected chi connectivity index (χ0v) is 12.6. The molecule has 2 rings (SSSR count). The topological polar surface area (TPSA) is 63.2 Å². The number of aryl methyl sites for hydroxylation is 3. The summed E-state index contributed by atoms with van der Waals surface area (Å²) in [5, 5.41) is 18.1. The molecule has 5 heteroatoms. The predicted molar refractivity (Wildman–Crippen MR) is 77.4 cm³/mol. The molecule has 2 aromatic heterocycles. The summed E-state index contributed by atoms with van der Waals surface area (Å²) in [5.41, 5.74) is 1.01. The van der Waals surface area contributed by atoms with Gasteiger partial charge in [-0.15, -0.1) is 0 Å². The Balaban J connectivity index is 1.93. The zero-order chi connectivity index (χ0) is 14.8. The van der Waals surface area contributed by atoms with Gasteiger partial charge in [0.25, 0.3) is 0 Å². The van der Waals surface area contributed by atoms with Crippen molar-refractivity contribution < 1.29 is 9.52 Å². The molecule has 5 nitrogen and oxygen atoms in total. The Kier molecular flexibility index (Phi) is 4.30. The molecule has 0 saturated heterocycles. The van der Waals surface area contributed by atoms with Gasteiger partial charge in [0.1, 0.15) is 17.1 Å². The van der Waals surface area contributed by atoms with Gasteiger partial charge in [-0.2, -0.15) is 5.10 Å². The van der Waals surface area contributed by atoms with E-state index in [0.717, 1.165) is 29.2 Å². The molecule has 2 N–H and O–H groups in total. The number of furan rings is 1. The highest BCUT2D eigenvalue weighted by Gasteiger charge is 2.27. The van der Waals surface area contributed by atoms with Crippen LogP contribution in [0, 0.1) is 13.8 Å². The van der Waals surface area contributed by atoms with Crippen molar-refractivity contribution in [1.82, 2.24) is 15.1 Å². The molecule has 2 heterocycles. The SMILES string of the molecule is CCn1cc(CNCC(C)(O)c2cc(C)oc2C)cn1. The lowest BCUT2D eigenvalue weighted by molar-refractivity contribution is 0.0552. The lowest BCUT2D eigenvalue weighted by atomic mass is 9.96. The number of hydrogen-bond donors (Lipinski definition) is 2. The third-order valence-corrected chi connectivity index (χ3v) is 3.43. The van der Waals surface area contributed by atoms with Crippen molar-refractivity contribution in [3.8, 4) is 0 Å². The average Bonchev–Trinajstić information content (AvgIpc) is 2.96. The minimum absolute atomic E-state index is 0.462. The van der Waals surface area contributed by atoms with E-state index in [1.165, 1.54) is 0 Å². The Bertz CT molecular complexity index is 569. The van der Waals surface area contributed by atoms with E-state index >= 15 is 0 Å². The van der Waals surface area contributed by atoms with E-state index in [4.69, 9.17) is 4.42 Å². The molecule has 1 unspecified atom stereocenters. The van der Waals surface area contributed by atoms with Crippen molar-refractivity contribution in [3.63, 3.8) is 0 Å². The van der Waals surface area contributed by atoms with Crippen LogP contribution in [0.3, 0.4) is 0 Å². The summed E-state index contributed by atoms with van der Waals surface area (Å²) in [5.74, 6) is 1.59. The molecular formula is C15H23N3O2. The highest BCUT2D eigenvalue weighted by atomic mass is 16.3. The molecular weight excluding hydrogens is 254 g/mol. The normalized spacial score (nSPS) is 14.4. The molecule has 0 amide bonds. The molecule has 20 heavy (non-hydrogen) atoms. The van der Waals surface area contributed by atoms with Gasteiger partial charge in [-0.25, -0.2) is 0 Å². The fraction of sp³-hybridized carbons (Fsp3) is 0.533. The predicted octanol–water partition coefficient (Wildman–Crippen LogP) is 2.11. The summed E-state index contributed by atoms with van der Waals surface area (Å²) < 4.78 is 7.37. The van der Waals surface area contributed by atoms with E-state index in [9.17, 15) is 5.11 Å². The van der Waals surface area contributed by atoms with Crippen molar-refractivity contribution in [2.24, 2.45) is 0 Å². The number of aliphatic hydroxyl groups is 1. The van der Waals surface area contributed by atoms with Gasteiger partial charge < -0.3 is 14.8 Å². The quantitative estimate of drug-likeness (QED) is 0.849. The van der Waals surface area contributed by atoms with E-state index in [0.29, 0.717) is 13.1 Å². The third kappa shape index (κ3) is 3.29. The Morgan fingerprint density at radius 3 is 2.75 bits per heavy atom. The number of rotatable bonds is 6. The summed E-state index contributed by atoms with van der Waals surface area (Å²) in [7, 11) is 0. The molecule has 0 spiro atoms. The first kappa shape index (κ1) is 14.8. The van der Waals surface area contributed by atoms with Gasteiger partial charge in [0.05, 0.1) is 6.20 Å². The van der Waals surface area contributed by atoms with Crippen LogP contribution in [-0.4, -0.2) is 21.4 Å². The summed E-state index contributed by atoms with van der Waals surface area (Å²) in [6.07, 6.45) is 3.85. The Morgan fingerprint density at radius 2 is 2.20 bits per heavy atom. The Labute approximate surface area is 119 Å². The van der Waals surface area contributed by atoms with E-state index in [2.05, 4.69) is 17.3 Å². The fourth-order valence-electron chi connectivity index (χ4n) is 2.38. The minimum atomic E-state index is -0.942. The van der Waals surface area contributed by atoms with Gasteiger partial charge in [0.2, 0.25) is 0 Å². The van der Waals surface area contributed by atoms with E-state index in [-0.39, 0.29) is 0 Å². The number of nitrogens with one attached hydrogen (secondary N) is 1. The maximum Gasteiger partial charge on any atom is 0.107 e. The van der Waals surface area contributed by atoms with Crippen LogP contribution in [0.1, 0.15) is 36.5 Å². The molecule has 0 fully saturated rings. The van der Waals surface area contributed by atoms with E-state index in [1.54, 1.807) is 6.92 Å². The molecule has 1 atom stereocenters. The Morgan fingerprint density at radius 1 is 1.45 bits per heavy atom. The monoisotopic (exact) mass is 277 g/mol. The first-order valence-electron chi connectivity index (χ1n) is 6.94. The second-order valence-corrected chi connectivity index (χ2v) is 5.41. The molecule has 110 valence electrons. The van der Waals surface area contributed by atoms with Gasteiger partial charge in [0, 0.05) is 37.0 Å². The first-order chi connectivity index (χ1) is 9.42. The zero-order valence-electron chi connectivity index (χ0n) is 12.6. The molecule has 0 aliphatic heterocycles. The molecule has 0 bridgehead atoms. The van der Waals surface area contributed by atoms with Crippen LogP contribution >= 0.6 is 0 Å². The molecule has 0 saturated carbocycles. The van der Waals surface area contributed by atoms with Gasteiger partial charge in [0.15, 0.2) is 0 Å². The van der Waals surface area contributed by atoms with Gasteiger partial charge in [-0.1, -0.05) is 0 Å². The largest absolute Gasteiger partial charge is 0.466 e. The Hall–Kier alpha value is -1.59. The molecule has 2 aromatic rings. The maximum absolute atomic E-state index is 10.6. The number of nitrogens with zero attached hydrogens (tertiary/aromatic N) is 2. The number of hydrogen-bond acceptors (Lipinski definition) is 4. The summed E-state index contributed by atoms with van der Waals surface area (Å²) in [6.45, 7) is 9.63. The second kappa shape index (κ2) is 5.81. The summed E-state index contributed by atoms with van der Waals surface area (Å²) in [4.78, 5) is 0. The smallest absolute Gasteiger partial charge is 0.107 e. The van der Waals surface area contributed by atoms with E-state index in [1.807, 2.05) is 37.0 Å². The van der Waals surface area contributed by atoms with Crippen LogP contribution < -0.4 is 5.32 Å². The van der Waals surface area contributed by atoms with Gasteiger partial charge in [-0.3, -0.25) is 4.68 Å². The molecule has 0 aliphatic carbocycles. The van der Waals surface area contributed by atoms with Crippen molar-refractivity contribution in [2.45, 2.75) is 46.4 Å². The lowest BCUT2D eigenvalue weighted by Crippen LogP contribution is -2.35. The van der Waals surface area contributed by atoms with Crippen LogP contribution in [-0.2, 0) is 18.7 Å². The molecule has 0 aromatic carbocycles. The summed E-state index contributed by atoms with van der Waals surface area (Å²) in [6, 6.07) is 1.89. The molecule has 0 radical (unpaired) electrons. The first-order valence-corrected chi connectivity index (χ1v) is 6.94. The fourth-order valence-corrected chi connectivity index (χ4v) is 2.38. The maximum atomic E-state index is 10.6. The van der Waals surface area contributed by atoms with Crippen molar-refractivity contribution in [1.29, 1.82) is 0 Å². The van der Waals surface area contributed by atoms with Crippen LogP contribution in [0.15, 0.2) is 22.9 Å². The summed E-state index contributed by atoms with van der Waals surface area (Å²) >= 11 is 0. The van der Waals surface area contributed by atoms with Crippen molar-refractivity contribution >= 4 is 0 Å². The highest BCUT2D eigenvalue weighted by Crippen LogP contribution is 2.26. The third-order valence-electron chi connectivity index (χ3n) is 3.43. The van der Waals surface area contributed by atoms with E-state index < -0.39 is 5.60 Å². The van der Waals surface area contributed by atoms with Crippen LogP contribution in [0.5, 0.6) is 0 Å². The van der Waals surface area contributed by atoms with Crippen LogP contribution in [0.4, 0.5) is 0 Å². The van der Waals surface area contributed by atoms with Gasteiger partial charge in [-0.05, 0) is 33.8 Å². The lowest BCUT2D eigenvalue weighted by Gasteiger charge is -2.23. The standard InChI is InChI=1S/C15H23N3O2/c1-5-18-9-13(8-17-18)7-16-10-15(4,19)14-6-11(2)20-12(14)3/h6,8-9,16,19H,5,7,10H2,1-4H3. The van der Waals surface area contributed by atoms with Crippen molar-refractivity contribution in [2.75, 3.05) is 6.54 Å². The van der Waals surface area contributed by atoms with Crippen molar-refractivity contribution in [3.05, 3.63) is 41.1 Å². The van der Waals surface area contributed by atoms with Gasteiger partial charge >= 0.3 is 0 Å². The van der Waals surface area contributed by atoms with Crippen LogP contribution in [0.2, 0.25) is 0 Å². The molecule has 0 aliphatic rings.